The van der Waals surface area contributed by atoms with Gasteiger partial charge in [-0.15, -0.1) is 11.6 Å². The zero-order valence-electron chi connectivity index (χ0n) is 10.2. The average molecular weight is 232 g/mol. The summed E-state index contributed by atoms with van der Waals surface area (Å²) in [5, 5.41) is 0. The minimum atomic E-state index is 0.135. The fourth-order valence-corrected chi connectivity index (χ4v) is 2.56. The molecule has 1 aliphatic rings. The molecule has 0 radical (unpaired) electrons. The first-order chi connectivity index (χ1) is 6.90. The first-order valence-corrected chi connectivity index (χ1v) is 6.26. The number of hydrogen-bond donors (Lipinski definition) is 0. The highest BCUT2D eigenvalue weighted by Gasteiger charge is 2.40. The molecule has 2 nitrogen and oxygen atoms in total. The summed E-state index contributed by atoms with van der Waals surface area (Å²) in [5.41, 5.74) is 0.164. The third-order valence-electron chi connectivity index (χ3n) is 3.79. The van der Waals surface area contributed by atoms with E-state index in [0.29, 0.717) is 5.88 Å². The van der Waals surface area contributed by atoms with Crippen molar-refractivity contribution in [3.05, 3.63) is 0 Å². The Morgan fingerprint density at radius 1 is 1.60 bits per heavy atom. The summed E-state index contributed by atoms with van der Waals surface area (Å²) in [4.78, 5) is 14.0. The molecule has 88 valence electrons. The van der Waals surface area contributed by atoms with E-state index in [0.717, 1.165) is 12.8 Å². The van der Waals surface area contributed by atoms with E-state index in [-0.39, 0.29) is 23.3 Å². The van der Waals surface area contributed by atoms with Crippen LogP contribution in [0.5, 0.6) is 0 Å². The third kappa shape index (κ3) is 2.66. The predicted octanol–water partition coefficient (Wildman–Crippen LogP) is 2.90. The molecule has 1 saturated carbocycles. The molecule has 1 amide bonds. The van der Waals surface area contributed by atoms with Gasteiger partial charge in [0, 0.05) is 24.9 Å². The summed E-state index contributed by atoms with van der Waals surface area (Å²) in [6, 6.07) is 0.135. The average Bonchev–Trinajstić information content (AvgIpc) is 2.54. The van der Waals surface area contributed by atoms with Gasteiger partial charge < -0.3 is 4.90 Å². The van der Waals surface area contributed by atoms with Gasteiger partial charge in [0.15, 0.2) is 0 Å². The Morgan fingerprint density at radius 2 is 2.20 bits per heavy atom. The predicted molar refractivity (Wildman–Crippen MR) is 64.1 cm³/mol. The van der Waals surface area contributed by atoms with Gasteiger partial charge in [-0.25, -0.2) is 0 Å². The summed E-state index contributed by atoms with van der Waals surface area (Å²) in [6.45, 7) is 6.39. The molecule has 0 heterocycles. The Morgan fingerprint density at radius 3 is 2.60 bits per heavy atom. The van der Waals surface area contributed by atoms with E-state index < -0.39 is 0 Å². The molecule has 1 rings (SSSR count). The Bertz CT molecular complexity index is 240. The van der Waals surface area contributed by atoms with Gasteiger partial charge in [-0.1, -0.05) is 20.3 Å². The minimum Gasteiger partial charge on any atom is -0.342 e. The topological polar surface area (TPSA) is 20.3 Å². The van der Waals surface area contributed by atoms with E-state index in [1.54, 1.807) is 0 Å². The van der Waals surface area contributed by atoms with Crippen molar-refractivity contribution >= 4 is 17.5 Å². The molecule has 1 fully saturated rings. The lowest BCUT2D eigenvalue weighted by molar-refractivity contribution is -0.138. The molecule has 0 aromatic carbocycles. The first-order valence-electron chi connectivity index (χ1n) is 5.73. The molecule has 0 aromatic heterocycles. The number of hydrogen-bond acceptors (Lipinski definition) is 1. The van der Waals surface area contributed by atoms with Crippen LogP contribution in [-0.2, 0) is 4.79 Å². The van der Waals surface area contributed by atoms with Gasteiger partial charge in [0.05, 0.1) is 0 Å². The molecule has 1 aliphatic carbocycles. The van der Waals surface area contributed by atoms with Crippen LogP contribution in [0.3, 0.4) is 0 Å². The molecule has 2 unspecified atom stereocenters. The zero-order valence-corrected chi connectivity index (χ0v) is 11.0. The van der Waals surface area contributed by atoms with Gasteiger partial charge in [0.2, 0.25) is 5.91 Å². The second-order valence-electron chi connectivity index (χ2n) is 5.39. The standard InChI is InChI=1S/C12H22ClNO/c1-9(8-13)14(4)11(15)10-6-5-7-12(10,2)3/h9-10H,5-8H2,1-4H3. The minimum absolute atomic E-state index is 0.135. The van der Waals surface area contributed by atoms with Crippen molar-refractivity contribution < 1.29 is 4.79 Å². The third-order valence-corrected chi connectivity index (χ3v) is 4.23. The van der Waals surface area contributed by atoms with Crippen LogP contribution in [-0.4, -0.2) is 29.8 Å². The van der Waals surface area contributed by atoms with Crippen molar-refractivity contribution in [3.8, 4) is 0 Å². The number of rotatable bonds is 3. The van der Waals surface area contributed by atoms with Crippen LogP contribution in [0, 0.1) is 11.3 Å². The normalized spacial score (nSPS) is 26.3. The van der Waals surface area contributed by atoms with Gasteiger partial charge in [-0.3, -0.25) is 4.79 Å². The summed E-state index contributed by atoms with van der Waals surface area (Å²) in [6.07, 6.45) is 3.37. The maximum absolute atomic E-state index is 12.2. The number of alkyl halides is 1. The van der Waals surface area contributed by atoms with Crippen LogP contribution in [0.2, 0.25) is 0 Å². The monoisotopic (exact) mass is 231 g/mol. The first kappa shape index (κ1) is 12.8. The molecule has 0 aromatic rings. The van der Waals surface area contributed by atoms with Crippen LogP contribution in [0.25, 0.3) is 0 Å². The molecule has 15 heavy (non-hydrogen) atoms. The zero-order chi connectivity index (χ0) is 11.6. The fraction of sp³-hybridized carbons (Fsp3) is 0.917. The van der Waals surface area contributed by atoms with Gasteiger partial charge in [0.1, 0.15) is 0 Å². The summed E-state index contributed by atoms with van der Waals surface area (Å²) in [5.74, 6) is 0.967. The van der Waals surface area contributed by atoms with Gasteiger partial charge in [0.25, 0.3) is 0 Å². The lowest BCUT2D eigenvalue weighted by Crippen LogP contribution is -2.42. The number of carbonyl (C=O) groups is 1. The van der Waals surface area contributed by atoms with Crippen molar-refractivity contribution in [1.29, 1.82) is 0 Å². The maximum Gasteiger partial charge on any atom is 0.226 e. The Kier molecular flexibility index (Phi) is 4.05. The molecule has 3 heteroatoms. The summed E-state index contributed by atoms with van der Waals surface area (Å²) >= 11 is 5.77. The van der Waals surface area contributed by atoms with E-state index in [1.807, 2.05) is 18.9 Å². The lowest BCUT2D eigenvalue weighted by Gasteiger charge is -2.32. The van der Waals surface area contributed by atoms with E-state index in [9.17, 15) is 4.79 Å². The lowest BCUT2D eigenvalue weighted by atomic mass is 9.81. The summed E-state index contributed by atoms with van der Waals surface area (Å²) in [7, 11) is 1.86. The van der Waals surface area contributed by atoms with E-state index in [2.05, 4.69) is 13.8 Å². The molecular formula is C12H22ClNO. The van der Waals surface area contributed by atoms with E-state index in [1.165, 1.54) is 6.42 Å². The second-order valence-corrected chi connectivity index (χ2v) is 5.69. The molecule has 0 N–H and O–H groups in total. The Balaban J connectivity index is 2.68. The van der Waals surface area contributed by atoms with Crippen LogP contribution in [0.1, 0.15) is 40.0 Å². The molecule has 0 saturated heterocycles. The number of amides is 1. The molecular weight excluding hydrogens is 210 g/mol. The molecule has 0 spiro atoms. The molecule has 0 aliphatic heterocycles. The van der Waals surface area contributed by atoms with E-state index >= 15 is 0 Å². The second kappa shape index (κ2) is 4.73. The van der Waals surface area contributed by atoms with E-state index in [4.69, 9.17) is 11.6 Å². The van der Waals surface area contributed by atoms with Crippen molar-refractivity contribution in [2.24, 2.45) is 11.3 Å². The van der Waals surface area contributed by atoms with Gasteiger partial charge in [-0.2, -0.15) is 0 Å². The van der Waals surface area contributed by atoms with Crippen molar-refractivity contribution in [1.82, 2.24) is 4.90 Å². The quantitative estimate of drug-likeness (QED) is 0.684. The Hall–Kier alpha value is -0.240. The van der Waals surface area contributed by atoms with Crippen molar-refractivity contribution in [3.63, 3.8) is 0 Å². The fourth-order valence-electron chi connectivity index (χ4n) is 2.35. The Labute approximate surface area is 98.0 Å². The van der Waals surface area contributed by atoms with Crippen LogP contribution >= 0.6 is 11.6 Å². The number of carbonyl (C=O) groups excluding carboxylic acids is 1. The smallest absolute Gasteiger partial charge is 0.226 e. The summed E-state index contributed by atoms with van der Waals surface area (Å²) < 4.78 is 0. The highest BCUT2D eigenvalue weighted by atomic mass is 35.5. The highest BCUT2D eigenvalue weighted by Crippen LogP contribution is 2.43. The molecule has 2 atom stereocenters. The van der Waals surface area contributed by atoms with Crippen molar-refractivity contribution in [2.75, 3.05) is 12.9 Å². The highest BCUT2D eigenvalue weighted by molar-refractivity contribution is 6.18. The number of nitrogens with zero attached hydrogens (tertiary/aromatic N) is 1. The number of halogens is 1. The van der Waals surface area contributed by atoms with Gasteiger partial charge >= 0.3 is 0 Å². The van der Waals surface area contributed by atoms with Crippen molar-refractivity contribution in [2.45, 2.75) is 46.1 Å². The van der Waals surface area contributed by atoms with Crippen LogP contribution in [0.4, 0.5) is 0 Å². The SMILES string of the molecule is CC(CCl)N(C)C(=O)C1CCCC1(C)C. The molecule has 0 bridgehead atoms. The van der Waals surface area contributed by atoms with Gasteiger partial charge in [-0.05, 0) is 25.2 Å². The van der Waals surface area contributed by atoms with Crippen LogP contribution in [0.15, 0.2) is 0 Å². The largest absolute Gasteiger partial charge is 0.342 e. The van der Waals surface area contributed by atoms with Crippen LogP contribution < -0.4 is 0 Å². The maximum atomic E-state index is 12.2.